The number of amides is 1. The summed E-state index contributed by atoms with van der Waals surface area (Å²) in [7, 11) is 0. The maximum atomic E-state index is 12.5. The van der Waals surface area contributed by atoms with Crippen LogP contribution >= 0.6 is 0 Å². The van der Waals surface area contributed by atoms with E-state index in [-0.39, 0.29) is 5.91 Å². The zero-order valence-corrected chi connectivity index (χ0v) is 14.9. The molecule has 132 valence electrons. The lowest BCUT2D eigenvalue weighted by Gasteiger charge is -2.10. The Kier molecular flexibility index (Phi) is 4.16. The molecular weight excluding hydrogens is 326 g/mol. The van der Waals surface area contributed by atoms with Crippen molar-refractivity contribution < 1.29 is 4.79 Å². The van der Waals surface area contributed by atoms with Crippen molar-refractivity contribution in [1.82, 2.24) is 24.5 Å². The van der Waals surface area contributed by atoms with Crippen LogP contribution in [0, 0.1) is 0 Å². The van der Waals surface area contributed by atoms with Gasteiger partial charge in [0.2, 0.25) is 0 Å². The average molecular weight is 347 g/mol. The van der Waals surface area contributed by atoms with Crippen molar-refractivity contribution >= 4 is 22.5 Å². The second-order valence-corrected chi connectivity index (χ2v) is 6.64. The van der Waals surface area contributed by atoms with Crippen LogP contribution in [-0.4, -0.2) is 31.6 Å². The van der Waals surface area contributed by atoms with Gasteiger partial charge in [-0.25, -0.2) is 0 Å². The highest BCUT2D eigenvalue weighted by atomic mass is 16.1. The van der Waals surface area contributed by atoms with Gasteiger partial charge in [-0.05, 0) is 49.6 Å². The second-order valence-electron chi connectivity index (χ2n) is 6.64. The van der Waals surface area contributed by atoms with E-state index in [1.54, 1.807) is 0 Å². The zero-order valence-electron chi connectivity index (χ0n) is 14.9. The van der Waals surface area contributed by atoms with E-state index in [4.69, 9.17) is 0 Å². The third-order valence-electron chi connectivity index (χ3n) is 4.56. The average Bonchev–Trinajstić information content (AvgIpc) is 3.25. The molecule has 6 nitrogen and oxygen atoms in total. The third-order valence-corrected chi connectivity index (χ3v) is 4.56. The normalized spacial score (nSPS) is 11.5. The SMILES string of the molecule is CC(C)n1ccc2ccc(C(=O)NCCc3nnc4ccccn34)cc21. The maximum absolute atomic E-state index is 12.5. The Morgan fingerprint density at radius 1 is 1.12 bits per heavy atom. The molecule has 0 saturated carbocycles. The van der Waals surface area contributed by atoms with Crippen LogP contribution in [0.4, 0.5) is 0 Å². The third kappa shape index (κ3) is 2.94. The highest BCUT2D eigenvalue weighted by Crippen LogP contribution is 2.21. The summed E-state index contributed by atoms with van der Waals surface area (Å²) in [5.74, 6) is 0.766. The van der Waals surface area contributed by atoms with Crippen LogP contribution in [0.1, 0.15) is 36.1 Å². The van der Waals surface area contributed by atoms with Gasteiger partial charge in [0.05, 0.1) is 0 Å². The Labute approximate surface area is 151 Å². The van der Waals surface area contributed by atoms with E-state index < -0.39 is 0 Å². The van der Waals surface area contributed by atoms with Crippen molar-refractivity contribution in [3.8, 4) is 0 Å². The van der Waals surface area contributed by atoms with Gasteiger partial charge in [0.15, 0.2) is 5.65 Å². The van der Waals surface area contributed by atoms with E-state index in [0.717, 1.165) is 22.4 Å². The number of rotatable bonds is 5. The van der Waals surface area contributed by atoms with Crippen LogP contribution in [-0.2, 0) is 6.42 Å². The zero-order chi connectivity index (χ0) is 18.1. The van der Waals surface area contributed by atoms with Gasteiger partial charge in [-0.3, -0.25) is 9.20 Å². The Balaban J connectivity index is 1.46. The van der Waals surface area contributed by atoms with E-state index in [1.165, 1.54) is 0 Å². The van der Waals surface area contributed by atoms with Crippen LogP contribution in [0.5, 0.6) is 0 Å². The lowest BCUT2D eigenvalue weighted by Crippen LogP contribution is -2.26. The van der Waals surface area contributed by atoms with Gasteiger partial charge in [0.1, 0.15) is 5.82 Å². The van der Waals surface area contributed by atoms with E-state index in [2.05, 4.69) is 46.2 Å². The van der Waals surface area contributed by atoms with Gasteiger partial charge >= 0.3 is 0 Å². The molecule has 6 heteroatoms. The highest BCUT2D eigenvalue weighted by molar-refractivity contribution is 5.98. The molecule has 1 N–H and O–H groups in total. The first-order chi connectivity index (χ1) is 12.6. The summed E-state index contributed by atoms with van der Waals surface area (Å²) in [6.45, 7) is 4.78. The van der Waals surface area contributed by atoms with Crippen molar-refractivity contribution in [3.05, 3.63) is 66.2 Å². The molecule has 4 rings (SSSR count). The molecule has 1 aromatic carbocycles. The van der Waals surface area contributed by atoms with Crippen LogP contribution in [0.2, 0.25) is 0 Å². The number of hydrogen-bond donors (Lipinski definition) is 1. The first-order valence-electron chi connectivity index (χ1n) is 8.81. The van der Waals surface area contributed by atoms with Gasteiger partial charge in [0.25, 0.3) is 5.91 Å². The van der Waals surface area contributed by atoms with Crippen molar-refractivity contribution in [1.29, 1.82) is 0 Å². The number of benzene rings is 1. The summed E-state index contributed by atoms with van der Waals surface area (Å²) in [5, 5.41) is 12.4. The number of pyridine rings is 1. The number of fused-ring (bicyclic) bond motifs is 2. The van der Waals surface area contributed by atoms with Crippen LogP contribution in [0.25, 0.3) is 16.6 Å². The summed E-state index contributed by atoms with van der Waals surface area (Å²) in [6, 6.07) is 14.0. The first kappa shape index (κ1) is 16.3. The number of carbonyl (C=O) groups is 1. The minimum absolute atomic E-state index is 0.0720. The molecule has 0 aliphatic rings. The minimum atomic E-state index is -0.0720. The van der Waals surface area contributed by atoms with E-state index >= 15 is 0 Å². The molecule has 0 radical (unpaired) electrons. The summed E-state index contributed by atoms with van der Waals surface area (Å²) < 4.78 is 4.11. The maximum Gasteiger partial charge on any atom is 0.251 e. The molecule has 3 heterocycles. The number of nitrogens with one attached hydrogen (secondary N) is 1. The summed E-state index contributed by atoms with van der Waals surface area (Å²) in [6.07, 6.45) is 4.62. The quantitative estimate of drug-likeness (QED) is 0.603. The molecule has 0 spiro atoms. The number of carbonyl (C=O) groups excluding carboxylic acids is 1. The van der Waals surface area contributed by atoms with Gasteiger partial charge < -0.3 is 9.88 Å². The lowest BCUT2D eigenvalue weighted by atomic mass is 10.1. The van der Waals surface area contributed by atoms with Crippen LogP contribution in [0.3, 0.4) is 0 Å². The second kappa shape index (κ2) is 6.63. The molecule has 0 saturated heterocycles. The molecule has 0 aliphatic heterocycles. The van der Waals surface area contributed by atoms with Crippen molar-refractivity contribution in [2.45, 2.75) is 26.3 Å². The molecule has 4 aromatic rings. The summed E-state index contributed by atoms with van der Waals surface area (Å²) in [5.41, 5.74) is 2.56. The fourth-order valence-electron chi connectivity index (χ4n) is 3.19. The fourth-order valence-corrected chi connectivity index (χ4v) is 3.19. The molecule has 0 unspecified atom stereocenters. The smallest absolute Gasteiger partial charge is 0.251 e. The standard InChI is InChI=1S/C20H21N5O/c1-14(2)24-12-9-15-6-7-16(13-17(15)24)20(26)21-10-8-19-23-22-18-5-3-4-11-25(18)19/h3-7,9,11-14H,8,10H2,1-2H3,(H,21,26). The molecule has 0 fully saturated rings. The number of nitrogens with zero attached hydrogens (tertiary/aromatic N) is 4. The molecule has 3 aromatic heterocycles. The van der Waals surface area contributed by atoms with Crippen LogP contribution in [0.15, 0.2) is 54.9 Å². The predicted molar refractivity (Wildman–Crippen MR) is 101 cm³/mol. The summed E-state index contributed by atoms with van der Waals surface area (Å²) >= 11 is 0. The monoisotopic (exact) mass is 347 g/mol. The molecular formula is C20H21N5O. The molecule has 0 aliphatic carbocycles. The van der Waals surface area contributed by atoms with Crippen molar-refractivity contribution in [3.63, 3.8) is 0 Å². The number of hydrogen-bond acceptors (Lipinski definition) is 3. The van der Waals surface area contributed by atoms with Gasteiger partial charge in [0, 0.05) is 42.5 Å². The number of aromatic nitrogens is 4. The van der Waals surface area contributed by atoms with Gasteiger partial charge in [-0.1, -0.05) is 12.1 Å². The predicted octanol–water partition coefficient (Wildman–Crippen LogP) is 3.24. The Morgan fingerprint density at radius 2 is 2.00 bits per heavy atom. The summed E-state index contributed by atoms with van der Waals surface area (Å²) in [4.78, 5) is 12.5. The molecule has 1 amide bonds. The highest BCUT2D eigenvalue weighted by Gasteiger charge is 2.11. The van der Waals surface area contributed by atoms with Crippen molar-refractivity contribution in [2.24, 2.45) is 0 Å². The lowest BCUT2D eigenvalue weighted by molar-refractivity contribution is 0.0954. The van der Waals surface area contributed by atoms with Gasteiger partial charge in [-0.2, -0.15) is 0 Å². The fraction of sp³-hybridized carbons (Fsp3) is 0.250. The molecule has 0 bridgehead atoms. The Morgan fingerprint density at radius 3 is 2.85 bits per heavy atom. The Bertz CT molecular complexity index is 1080. The Hall–Kier alpha value is -3.15. The van der Waals surface area contributed by atoms with E-state index in [0.29, 0.717) is 24.6 Å². The van der Waals surface area contributed by atoms with Crippen molar-refractivity contribution in [2.75, 3.05) is 6.54 Å². The van der Waals surface area contributed by atoms with Gasteiger partial charge in [-0.15, -0.1) is 10.2 Å². The molecule has 26 heavy (non-hydrogen) atoms. The largest absolute Gasteiger partial charge is 0.352 e. The van der Waals surface area contributed by atoms with E-state index in [1.807, 2.05) is 47.0 Å². The first-order valence-corrected chi connectivity index (χ1v) is 8.81. The topological polar surface area (TPSA) is 64.2 Å². The minimum Gasteiger partial charge on any atom is -0.352 e. The van der Waals surface area contributed by atoms with Crippen LogP contribution < -0.4 is 5.32 Å². The molecule has 0 atom stereocenters. The van der Waals surface area contributed by atoms with E-state index in [9.17, 15) is 4.79 Å².